The number of carbonyl (C=O) groups is 1. The predicted octanol–water partition coefficient (Wildman–Crippen LogP) is -0.710. The molecule has 3 N–H and O–H groups in total. The maximum atomic E-state index is 10.9. The van der Waals surface area contributed by atoms with Crippen molar-refractivity contribution in [1.82, 2.24) is 0 Å². The first-order valence-corrected chi connectivity index (χ1v) is 5.38. The van der Waals surface area contributed by atoms with Gasteiger partial charge in [0, 0.05) is 7.11 Å². The quantitative estimate of drug-likeness (QED) is 0.679. The van der Waals surface area contributed by atoms with Gasteiger partial charge in [-0.15, -0.1) is 0 Å². The Morgan fingerprint density at radius 1 is 1.41 bits per heavy atom. The van der Waals surface area contributed by atoms with Gasteiger partial charge in [-0.1, -0.05) is 0 Å². The van der Waals surface area contributed by atoms with Gasteiger partial charge in [0.15, 0.2) is 12.1 Å². The van der Waals surface area contributed by atoms with Gasteiger partial charge in [0.1, 0.15) is 24.4 Å². The van der Waals surface area contributed by atoms with E-state index >= 15 is 0 Å². The van der Waals surface area contributed by atoms with Gasteiger partial charge in [-0.05, 0) is 13.8 Å². The molecule has 0 saturated carbocycles. The summed E-state index contributed by atoms with van der Waals surface area (Å²) in [4.78, 5) is 10.9. The minimum Gasteiger partial charge on any atom is -0.480 e. The van der Waals surface area contributed by atoms with Crippen LogP contribution in [0.15, 0.2) is 0 Å². The van der Waals surface area contributed by atoms with E-state index in [0.29, 0.717) is 0 Å². The Kier molecular flexibility index (Phi) is 3.13. The molecule has 2 aliphatic heterocycles. The smallest absolute Gasteiger partial charge is 0.323 e. The fraction of sp³-hybridized carbons (Fsp3) is 0.900. The van der Waals surface area contributed by atoms with Crippen LogP contribution in [0.2, 0.25) is 0 Å². The van der Waals surface area contributed by atoms with E-state index in [1.807, 2.05) is 0 Å². The van der Waals surface area contributed by atoms with Crippen LogP contribution in [0.1, 0.15) is 13.8 Å². The van der Waals surface area contributed by atoms with Crippen molar-refractivity contribution < 1.29 is 28.8 Å². The highest BCUT2D eigenvalue weighted by molar-refractivity contribution is 5.74. The number of hydrogen-bond acceptors (Lipinski definition) is 6. The molecule has 2 fully saturated rings. The van der Waals surface area contributed by atoms with Crippen molar-refractivity contribution in [2.24, 2.45) is 5.73 Å². The first kappa shape index (κ1) is 12.7. The Hall–Kier alpha value is -0.730. The molecule has 0 aromatic rings. The molecule has 0 aromatic carbocycles. The predicted molar refractivity (Wildman–Crippen MR) is 55.1 cm³/mol. The molecule has 0 aliphatic carbocycles. The van der Waals surface area contributed by atoms with Crippen LogP contribution in [0.25, 0.3) is 0 Å². The summed E-state index contributed by atoms with van der Waals surface area (Å²) < 4.78 is 21.8. The molecule has 0 unspecified atom stereocenters. The molecule has 0 aromatic heterocycles. The highest BCUT2D eigenvalue weighted by Gasteiger charge is 2.57. The van der Waals surface area contributed by atoms with Gasteiger partial charge in [-0.3, -0.25) is 4.79 Å². The summed E-state index contributed by atoms with van der Waals surface area (Å²) >= 11 is 0. The van der Waals surface area contributed by atoms with Gasteiger partial charge in [0.25, 0.3) is 0 Å². The maximum Gasteiger partial charge on any atom is 0.323 e. The summed E-state index contributed by atoms with van der Waals surface area (Å²) in [6.45, 7) is 3.50. The van der Waals surface area contributed by atoms with E-state index in [-0.39, 0.29) is 0 Å². The van der Waals surface area contributed by atoms with E-state index in [9.17, 15) is 4.79 Å². The maximum absolute atomic E-state index is 10.9. The van der Waals surface area contributed by atoms with Crippen molar-refractivity contribution in [3.05, 3.63) is 0 Å². The second-order valence-corrected chi connectivity index (χ2v) is 4.63. The molecule has 17 heavy (non-hydrogen) atoms. The summed E-state index contributed by atoms with van der Waals surface area (Å²) in [6.07, 6.45) is -2.41. The number of hydrogen-bond donors (Lipinski definition) is 2. The molecule has 2 heterocycles. The number of methoxy groups -OCH3 is 1. The standard InChI is InChI=1S/C10H17NO6/c1-10(2)16-6-5(4(11)8(12)13)15-9(14-3)7(6)17-10/h4-7,9H,11H2,1-3H3,(H,12,13)/t4-,5+,6+,7+,9+/m0/s1. The Morgan fingerprint density at radius 2 is 2.00 bits per heavy atom. The fourth-order valence-electron chi connectivity index (χ4n) is 2.21. The SMILES string of the molecule is CO[C@@H]1O[C@H]([C@H](N)C(=O)O)[C@H]2OC(C)(C)O[C@@H]12. The second kappa shape index (κ2) is 4.18. The molecular formula is C10H17NO6. The third kappa shape index (κ3) is 2.16. The lowest BCUT2D eigenvalue weighted by atomic mass is 10.0. The van der Waals surface area contributed by atoms with Crippen LogP contribution in [0.3, 0.4) is 0 Å². The molecule has 7 nitrogen and oxygen atoms in total. The largest absolute Gasteiger partial charge is 0.480 e. The fourth-order valence-corrected chi connectivity index (χ4v) is 2.21. The number of aliphatic carboxylic acids is 1. The van der Waals surface area contributed by atoms with Crippen LogP contribution in [-0.2, 0) is 23.7 Å². The van der Waals surface area contributed by atoms with Gasteiger partial charge in [0.05, 0.1) is 0 Å². The van der Waals surface area contributed by atoms with Crippen molar-refractivity contribution >= 4 is 5.97 Å². The van der Waals surface area contributed by atoms with Gasteiger partial charge in [-0.2, -0.15) is 0 Å². The Bertz CT molecular complexity index is 320. The third-order valence-corrected chi connectivity index (χ3v) is 2.92. The zero-order valence-electron chi connectivity index (χ0n) is 9.95. The van der Waals surface area contributed by atoms with E-state index in [1.54, 1.807) is 13.8 Å². The number of ether oxygens (including phenoxy) is 4. The number of fused-ring (bicyclic) bond motifs is 1. The summed E-state index contributed by atoms with van der Waals surface area (Å²) in [5, 5.41) is 8.91. The van der Waals surface area contributed by atoms with Crippen molar-refractivity contribution in [2.45, 2.75) is 50.3 Å². The van der Waals surface area contributed by atoms with Crippen molar-refractivity contribution in [1.29, 1.82) is 0 Å². The van der Waals surface area contributed by atoms with E-state index in [4.69, 9.17) is 29.8 Å². The number of nitrogens with two attached hydrogens (primary N) is 1. The van der Waals surface area contributed by atoms with Gasteiger partial charge in [0.2, 0.25) is 0 Å². The average Bonchev–Trinajstić information content (AvgIpc) is 2.69. The van der Waals surface area contributed by atoms with Crippen molar-refractivity contribution in [3.8, 4) is 0 Å². The first-order valence-electron chi connectivity index (χ1n) is 5.38. The Morgan fingerprint density at radius 3 is 2.53 bits per heavy atom. The normalized spacial score (nSPS) is 41.2. The molecule has 2 saturated heterocycles. The van der Waals surface area contributed by atoms with Crippen molar-refractivity contribution in [2.75, 3.05) is 7.11 Å². The highest BCUT2D eigenvalue weighted by Crippen LogP contribution is 2.39. The molecule has 2 aliphatic rings. The van der Waals surface area contributed by atoms with Crippen LogP contribution in [0.5, 0.6) is 0 Å². The zero-order chi connectivity index (χ0) is 12.8. The van der Waals surface area contributed by atoms with Crippen molar-refractivity contribution in [3.63, 3.8) is 0 Å². The van der Waals surface area contributed by atoms with E-state index < -0.39 is 42.4 Å². The molecule has 5 atom stereocenters. The molecular weight excluding hydrogens is 230 g/mol. The van der Waals surface area contributed by atoms with E-state index in [1.165, 1.54) is 7.11 Å². The average molecular weight is 247 g/mol. The summed E-state index contributed by atoms with van der Waals surface area (Å²) in [6, 6.07) is -1.17. The van der Waals surface area contributed by atoms with Crippen LogP contribution >= 0.6 is 0 Å². The monoisotopic (exact) mass is 247 g/mol. The van der Waals surface area contributed by atoms with E-state index in [0.717, 1.165) is 0 Å². The summed E-state index contributed by atoms with van der Waals surface area (Å²) in [5.41, 5.74) is 5.57. The van der Waals surface area contributed by atoms with Gasteiger partial charge < -0.3 is 29.8 Å². The first-order chi connectivity index (χ1) is 7.85. The Balaban J connectivity index is 2.18. The lowest BCUT2D eigenvalue weighted by Crippen LogP contribution is -2.48. The van der Waals surface area contributed by atoms with Gasteiger partial charge >= 0.3 is 5.97 Å². The molecule has 0 amide bonds. The van der Waals surface area contributed by atoms with Crippen LogP contribution < -0.4 is 5.73 Å². The van der Waals surface area contributed by atoms with Crippen LogP contribution in [0.4, 0.5) is 0 Å². The minimum absolute atomic E-state index is 0.453. The molecule has 0 spiro atoms. The summed E-state index contributed by atoms with van der Waals surface area (Å²) in [7, 11) is 1.46. The highest BCUT2D eigenvalue weighted by atomic mass is 16.8. The second-order valence-electron chi connectivity index (χ2n) is 4.63. The summed E-state index contributed by atoms with van der Waals surface area (Å²) in [5.74, 6) is -1.93. The minimum atomic E-state index is -1.17. The number of rotatable bonds is 3. The van der Waals surface area contributed by atoms with Crippen LogP contribution in [-0.4, -0.2) is 54.6 Å². The molecule has 0 radical (unpaired) electrons. The number of carboxylic acid groups (broad SMARTS) is 1. The lowest BCUT2D eigenvalue weighted by Gasteiger charge is -2.24. The lowest BCUT2D eigenvalue weighted by molar-refractivity contribution is -0.229. The van der Waals surface area contributed by atoms with Gasteiger partial charge in [-0.25, -0.2) is 0 Å². The third-order valence-electron chi connectivity index (χ3n) is 2.92. The molecule has 2 rings (SSSR count). The van der Waals surface area contributed by atoms with Crippen LogP contribution in [0, 0.1) is 0 Å². The number of carboxylic acids is 1. The molecule has 7 heteroatoms. The Labute approximate surface area is 98.8 Å². The molecule has 98 valence electrons. The zero-order valence-corrected chi connectivity index (χ0v) is 9.95. The molecule has 0 bridgehead atoms. The topological polar surface area (TPSA) is 100 Å². The van der Waals surface area contributed by atoms with E-state index in [2.05, 4.69) is 0 Å².